The highest BCUT2D eigenvalue weighted by molar-refractivity contribution is 7.19. The van der Waals surface area contributed by atoms with Gasteiger partial charge in [-0.25, -0.2) is 4.98 Å². The Labute approximate surface area is 83.4 Å². The second kappa shape index (κ2) is 3.96. The highest BCUT2D eigenvalue weighted by Gasteiger charge is 2.14. The maximum Gasteiger partial charge on any atom is 0.184 e. The largest absolute Gasteiger partial charge is 0.389 e. The van der Waals surface area contributed by atoms with Crippen molar-refractivity contribution in [2.45, 2.75) is 27.2 Å². The number of nitrogens with two attached hydrogens (primary N) is 1. The Morgan fingerprint density at radius 2 is 2.31 bits per heavy atom. The minimum Gasteiger partial charge on any atom is -0.389 e. The van der Waals surface area contributed by atoms with Gasteiger partial charge in [-0.2, -0.15) is 0 Å². The van der Waals surface area contributed by atoms with Crippen molar-refractivity contribution in [3.05, 3.63) is 6.20 Å². The molecule has 4 heteroatoms. The minimum absolute atomic E-state index is 0.320. The Kier molecular flexibility index (Phi) is 3.14. The molecule has 0 fully saturated rings. The topological polar surface area (TPSA) is 50.9 Å². The fourth-order valence-electron chi connectivity index (χ4n) is 0.808. The second-order valence-electron chi connectivity index (χ2n) is 3.94. The third-order valence-corrected chi connectivity index (χ3v) is 2.98. The molecule has 0 atom stereocenters. The van der Waals surface area contributed by atoms with E-state index in [9.17, 15) is 0 Å². The lowest BCUT2D eigenvalue weighted by molar-refractivity contribution is 0.377. The van der Waals surface area contributed by atoms with E-state index in [4.69, 9.17) is 5.73 Å². The maximum absolute atomic E-state index is 5.57. The molecule has 3 N–H and O–H groups in total. The molecule has 0 spiro atoms. The van der Waals surface area contributed by atoms with Crippen molar-refractivity contribution >= 4 is 21.5 Å². The van der Waals surface area contributed by atoms with Crippen LogP contribution in [0.4, 0.5) is 10.1 Å². The van der Waals surface area contributed by atoms with Gasteiger partial charge in [-0.3, -0.25) is 0 Å². The molecule has 0 bridgehead atoms. The molecule has 0 aromatic carbocycles. The summed E-state index contributed by atoms with van der Waals surface area (Å²) in [6.45, 7) is 7.60. The van der Waals surface area contributed by atoms with E-state index in [1.807, 2.05) is 0 Å². The Morgan fingerprint density at radius 1 is 1.62 bits per heavy atom. The fourth-order valence-corrected chi connectivity index (χ4v) is 1.39. The lowest BCUT2D eigenvalue weighted by Gasteiger charge is -2.22. The molecule has 0 aliphatic carbocycles. The number of aromatic nitrogens is 1. The summed E-state index contributed by atoms with van der Waals surface area (Å²) in [6, 6.07) is 0. The van der Waals surface area contributed by atoms with Gasteiger partial charge in [-0.05, 0) is 11.8 Å². The van der Waals surface area contributed by atoms with Crippen molar-refractivity contribution in [3.8, 4) is 0 Å². The third-order valence-electron chi connectivity index (χ3n) is 2.20. The van der Waals surface area contributed by atoms with Crippen LogP contribution in [0.3, 0.4) is 0 Å². The monoisotopic (exact) mass is 199 g/mol. The number of hydrogen-bond donors (Lipinski definition) is 2. The average molecular weight is 199 g/mol. The van der Waals surface area contributed by atoms with Crippen molar-refractivity contribution in [1.82, 2.24) is 4.98 Å². The summed E-state index contributed by atoms with van der Waals surface area (Å²) in [7, 11) is 0. The number of nitrogen functional groups attached to an aromatic ring is 1. The molecule has 0 amide bonds. The molecule has 74 valence electrons. The molecule has 1 rings (SSSR count). The number of anilines is 2. The van der Waals surface area contributed by atoms with E-state index in [1.165, 1.54) is 11.3 Å². The van der Waals surface area contributed by atoms with Crippen molar-refractivity contribution in [2.24, 2.45) is 5.41 Å². The van der Waals surface area contributed by atoms with Crippen LogP contribution < -0.4 is 11.1 Å². The van der Waals surface area contributed by atoms with Crippen molar-refractivity contribution in [3.63, 3.8) is 0 Å². The molecular formula is C9H17N3S. The molecule has 1 heterocycles. The summed E-state index contributed by atoms with van der Waals surface area (Å²) >= 11 is 1.49. The van der Waals surface area contributed by atoms with Gasteiger partial charge in [0.05, 0.1) is 6.20 Å². The van der Waals surface area contributed by atoms with E-state index in [2.05, 4.69) is 31.1 Å². The molecule has 0 radical (unpaired) electrons. The first-order valence-electron chi connectivity index (χ1n) is 4.49. The van der Waals surface area contributed by atoms with E-state index in [0.717, 1.165) is 23.1 Å². The summed E-state index contributed by atoms with van der Waals surface area (Å²) in [6.07, 6.45) is 2.84. The van der Waals surface area contributed by atoms with Crippen molar-refractivity contribution < 1.29 is 0 Å². The number of nitrogens with one attached hydrogen (secondary N) is 1. The molecule has 1 aromatic heterocycles. The predicted octanol–water partition coefficient (Wildman–Crippen LogP) is 2.57. The van der Waals surface area contributed by atoms with Gasteiger partial charge in [0.15, 0.2) is 5.13 Å². The lowest BCUT2D eigenvalue weighted by atomic mass is 9.90. The zero-order valence-corrected chi connectivity index (χ0v) is 9.24. The number of rotatable bonds is 4. The van der Waals surface area contributed by atoms with Gasteiger partial charge < -0.3 is 11.1 Å². The van der Waals surface area contributed by atoms with Crippen LogP contribution >= 0.6 is 11.3 Å². The number of thiazole rings is 1. The summed E-state index contributed by atoms with van der Waals surface area (Å²) in [5.74, 6) is 0. The van der Waals surface area contributed by atoms with E-state index >= 15 is 0 Å². The molecule has 0 aliphatic heterocycles. The van der Waals surface area contributed by atoms with Gasteiger partial charge in [-0.1, -0.05) is 32.1 Å². The standard InChI is InChI=1S/C9H17N3S/c1-4-9(2,3)6-12-8-11-5-7(10)13-8/h5H,4,6,10H2,1-3H3,(H,11,12). The van der Waals surface area contributed by atoms with Gasteiger partial charge in [0.1, 0.15) is 5.00 Å². The SMILES string of the molecule is CCC(C)(C)CNc1ncc(N)s1. The van der Waals surface area contributed by atoms with Crippen LogP contribution in [0, 0.1) is 5.41 Å². The zero-order valence-electron chi connectivity index (χ0n) is 8.42. The Hall–Kier alpha value is -0.770. The third kappa shape index (κ3) is 3.22. The Bertz CT molecular complexity index is 268. The van der Waals surface area contributed by atoms with Gasteiger partial charge in [0, 0.05) is 6.54 Å². The molecule has 13 heavy (non-hydrogen) atoms. The molecule has 0 saturated heterocycles. The van der Waals surface area contributed by atoms with Crippen LogP contribution in [0.5, 0.6) is 0 Å². The molecule has 0 unspecified atom stereocenters. The normalized spacial score (nSPS) is 11.6. The second-order valence-corrected chi connectivity index (χ2v) is 5.00. The lowest BCUT2D eigenvalue weighted by Crippen LogP contribution is -2.21. The summed E-state index contributed by atoms with van der Waals surface area (Å²) in [5, 5.41) is 4.96. The van der Waals surface area contributed by atoms with Crippen molar-refractivity contribution in [2.75, 3.05) is 17.6 Å². The first-order valence-corrected chi connectivity index (χ1v) is 5.30. The van der Waals surface area contributed by atoms with Crippen LogP contribution in [0.15, 0.2) is 6.20 Å². The van der Waals surface area contributed by atoms with Crippen LogP contribution in [-0.4, -0.2) is 11.5 Å². The quantitative estimate of drug-likeness (QED) is 0.783. The van der Waals surface area contributed by atoms with Gasteiger partial charge in [0.25, 0.3) is 0 Å². The summed E-state index contributed by atoms with van der Waals surface area (Å²) in [5.41, 5.74) is 5.89. The van der Waals surface area contributed by atoms with Gasteiger partial charge >= 0.3 is 0 Å². The van der Waals surface area contributed by atoms with E-state index in [1.54, 1.807) is 6.20 Å². The van der Waals surface area contributed by atoms with Gasteiger partial charge in [0.2, 0.25) is 0 Å². The molecule has 3 nitrogen and oxygen atoms in total. The zero-order chi connectivity index (χ0) is 9.90. The summed E-state index contributed by atoms with van der Waals surface area (Å²) < 4.78 is 0. The first-order chi connectivity index (χ1) is 6.03. The number of hydrogen-bond acceptors (Lipinski definition) is 4. The number of nitrogens with zero attached hydrogens (tertiary/aromatic N) is 1. The van der Waals surface area contributed by atoms with Crippen LogP contribution in [-0.2, 0) is 0 Å². The fraction of sp³-hybridized carbons (Fsp3) is 0.667. The molecular weight excluding hydrogens is 182 g/mol. The molecule has 0 aliphatic rings. The van der Waals surface area contributed by atoms with E-state index in [-0.39, 0.29) is 0 Å². The predicted molar refractivity (Wildman–Crippen MR) is 59.1 cm³/mol. The highest BCUT2D eigenvalue weighted by atomic mass is 32.1. The first kappa shape index (κ1) is 10.3. The minimum atomic E-state index is 0.320. The van der Waals surface area contributed by atoms with Crippen molar-refractivity contribution in [1.29, 1.82) is 0 Å². The van der Waals surface area contributed by atoms with Crippen LogP contribution in [0.1, 0.15) is 27.2 Å². The molecule has 0 saturated carbocycles. The maximum atomic E-state index is 5.57. The highest BCUT2D eigenvalue weighted by Crippen LogP contribution is 2.23. The van der Waals surface area contributed by atoms with E-state index in [0.29, 0.717) is 5.41 Å². The molecule has 1 aromatic rings. The van der Waals surface area contributed by atoms with Gasteiger partial charge in [-0.15, -0.1) is 0 Å². The average Bonchev–Trinajstić information content (AvgIpc) is 2.48. The van der Waals surface area contributed by atoms with E-state index < -0.39 is 0 Å². The Balaban J connectivity index is 2.43. The van der Waals surface area contributed by atoms with Crippen LogP contribution in [0.25, 0.3) is 0 Å². The Morgan fingerprint density at radius 3 is 2.77 bits per heavy atom. The summed E-state index contributed by atoms with van der Waals surface area (Å²) in [4.78, 5) is 4.14. The van der Waals surface area contributed by atoms with Crippen LogP contribution in [0.2, 0.25) is 0 Å². The smallest absolute Gasteiger partial charge is 0.184 e.